The summed E-state index contributed by atoms with van der Waals surface area (Å²) in [6, 6.07) is 7.37. The maximum absolute atomic E-state index is 11.8. The summed E-state index contributed by atoms with van der Waals surface area (Å²) in [7, 11) is 1.58. The standard InChI is InChI=1S/C19H22ClN3O5/c1-12-5-15(28-23-12)10-27-18-8-17-13(7-16(18)20)6-14(22-17)9-21-19(24)11-26-4-3-25-2/h5-8,22H,3-4,9-11H2,1-2H3,(H,21,24). The van der Waals surface area contributed by atoms with E-state index in [0.717, 1.165) is 22.3 Å². The number of nitrogens with zero attached hydrogens (tertiary/aromatic N) is 1. The molecule has 8 nitrogen and oxygen atoms in total. The molecule has 1 amide bonds. The largest absolute Gasteiger partial charge is 0.484 e. The van der Waals surface area contributed by atoms with Crippen molar-refractivity contribution in [1.29, 1.82) is 0 Å². The maximum Gasteiger partial charge on any atom is 0.246 e. The Morgan fingerprint density at radius 3 is 2.89 bits per heavy atom. The molecule has 0 fully saturated rings. The Morgan fingerprint density at radius 2 is 2.14 bits per heavy atom. The zero-order valence-electron chi connectivity index (χ0n) is 15.7. The number of halogens is 1. The van der Waals surface area contributed by atoms with Crippen molar-refractivity contribution in [3.05, 3.63) is 46.4 Å². The Labute approximate surface area is 167 Å². The van der Waals surface area contributed by atoms with E-state index in [4.69, 9.17) is 30.3 Å². The number of aromatic nitrogens is 2. The second-order valence-corrected chi connectivity index (χ2v) is 6.62. The van der Waals surface area contributed by atoms with E-state index in [1.165, 1.54) is 0 Å². The van der Waals surface area contributed by atoms with Crippen molar-refractivity contribution in [2.45, 2.75) is 20.1 Å². The molecule has 150 valence electrons. The minimum atomic E-state index is -0.195. The van der Waals surface area contributed by atoms with Crippen molar-refractivity contribution in [2.75, 3.05) is 26.9 Å². The van der Waals surface area contributed by atoms with Gasteiger partial charge < -0.3 is 29.0 Å². The molecule has 0 saturated heterocycles. The summed E-state index contributed by atoms with van der Waals surface area (Å²) >= 11 is 6.31. The van der Waals surface area contributed by atoms with Gasteiger partial charge in [0.25, 0.3) is 0 Å². The van der Waals surface area contributed by atoms with Gasteiger partial charge in [-0.05, 0) is 19.1 Å². The fraction of sp³-hybridized carbons (Fsp3) is 0.368. The molecule has 0 saturated carbocycles. The first-order chi connectivity index (χ1) is 13.5. The van der Waals surface area contributed by atoms with E-state index >= 15 is 0 Å². The van der Waals surface area contributed by atoms with Gasteiger partial charge in [-0.15, -0.1) is 0 Å². The van der Waals surface area contributed by atoms with Crippen LogP contribution in [0.15, 0.2) is 28.8 Å². The topological polar surface area (TPSA) is 98.6 Å². The number of aryl methyl sites for hydroxylation is 1. The van der Waals surface area contributed by atoms with Crippen LogP contribution < -0.4 is 10.1 Å². The predicted molar refractivity (Wildman–Crippen MR) is 103 cm³/mol. The highest BCUT2D eigenvalue weighted by molar-refractivity contribution is 6.32. The SMILES string of the molecule is COCCOCC(=O)NCc1cc2cc(Cl)c(OCc3cc(C)no3)cc2[nH]1. The highest BCUT2D eigenvalue weighted by Gasteiger charge is 2.10. The number of carbonyl (C=O) groups excluding carboxylic acids is 1. The van der Waals surface area contributed by atoms with Crippen LogP contribution in [0.2, 0.25) is 5.02 Å². The smallest absolute Gasteiger partial charge is 0.246 e. The lowest BCUT2D eigenvalue weighted by molar-refractivity contribution is -0.126. The Bertz CT molecular complexity index is 937. The highest BCUT2D eigenvalue weighted by atomic mass is 35.5. The van der Waals surface area contributed by atoms with Gasteiger partial charge in [0.15, 0.2) is 5.76 Å². The molecule has 2 aromatic heterocycles. The van der Waals surface area contributed by atoms with E-state index in [9.17, 15) is 4.79 Å². The molecule has 3 rings (SSSR count). The van der Waals surface area contributed by atoms with Crippen LogP contribution in [0.1, 0.15) is 17.1 Å². The normalized spacial score (nSPS) is 11.1. The predicted octanol–water partition coefficient (Wildman–Crippen LogP) is 2.98. The first-order valence-electron chi connectivity index (χ1n) is 8.74. The molecule has 1 aromatic carbocycles. The van der Waals surface area contributed by atoms with E-state index in [-0.39, 0.29) is 19.1 Å². The minimum Gasteiger partial charge on any atom is -0.484 e. The van der Waals surface area contributed by atoms with Gasteiger partial charge in [0.2, 0.25) is 5.91 Å². The highest BCUT2D eigenvalue weighted by Crippen LogP contribution is 2.31. The summed E-state index contributed by atoms with van der Waals surface area (Å²) in [4.78, 5) is 15.0. The average Bonchev–Trinajstić information content (AvgIpc) is 3.26. The van der Waals surface area contributed by atoms with E-state index < -0.39 is 0 Å². The van der Waals surface area contributed by atoms with Crippen LogP contribution >= 0.6 is 11.6 Å². The number of hydrogen-bond acceptors (Lipinski definition) is 6. The molecule has 0 bridgehead atoms. The van der Waals surface area contributed by atoms with E-state index in [1.54, 1.807) is 13.2 Å². The summed E-state index contributed by atoms with van der Waals surface area (Å²) in [6.45, 7) is 3.26. The molecule has 0 aliphatic carbocycles. The molecule has 0 spiro atoms. The number of hydrogen-bond donors (Lipinski definition) is 2. The number of rotatable bonds is 10. The Morgan fingerprint density at radius 1 is 1.29 bits per heavy atom. The maximum atomic E-state index is 11.8. The van der Waals surface area contributed by atoms with Gasteiger partial charge in [-0.3, -0.25) is 4.79 Å². The lowest BCUT2D eigenvalue weighted by Gasteiger charge is -2.06. The van der Waals surface area contributed by atoms with Crippen LogP contribution in [0.25, 0.3) is 10.9 Å². The minimum absolute atomic E-state index is 0.00544. The third kappa shape index (κ3) is 5.48. The molecular weight excluding hydrogens is 386 g/mol. The van der Waals surface area contributed by atoms with Gasteiger partial charge in [-0.25, -0.2) is 0 Å². The molecule has 0 radical (unpaired) electrons. The van der Waals surface area contributed by atoms with Gasteiger partial charge in [-0.2, -0.15) is 0 Å². The van der Waals surface area contributed by atoms with Crippen molar-refractivity contribution >= 4 is 28.4 Å². The quantitative estimate of drug-likeness (QED) is 0.501. The second kappa shape index (κ2) is 9.59. The number of ether oxygens (including phenoxy) is 3. The van der Waals surface area contributed by atoms with Crippen LogP contribution in [0.3, 0.4) is 0 Å². The fourth-order valence-corrected chi connectivity index (χ4v) is 2.81. The lowest BCUT2D eigenvalue weighted by atomic mass is 10.2. The summed E-state index contributed by atoms with van der Waals surface area (Å²) < 4.78 is 20.9. The van der Waals surface area contributed by atoms with Crippen molar-refractivity contribution in [3.63, 3.8) is 0 Å². The molecule has 0 atom stereocenters. The van der Waals surface area contributed by atoms with Gasteiger partial charge in [0, 0.05) is 35.8 Å². The lowest BCUT2D eigenvalue weighted by Crippen LogP contribution is -2.27. The number of aromatic amines is 1. The van der Waals surface area contributed by atoms with E-state index in [1.807, 2.05) is 25.1 Å². The van der Waals surface area contributed by atoms with Crippen LogP contribution in [-0.2, 0) is 27.4 Å². The van der Waals surface area contributed by atoms with Crippen LogP contribution in [0, 0.1) is 6.92 Å². The zero-order chi connectivity index (χ0) is 19.9. The number of nitrogens with one attached hydrogen (secondary N) is 2. The number of fused-ring (bicyclic) bond motifs is 1. The number of amides is 1. The number of carbonyl (C=O) groups is 1. The molecular formula is C19H22ClN3O5. The van der Waals surface area contributed by atoms with Gasteiger partial charge >= 0.3 is 0 Å². The molecule has 0 aliphatic rings. The second-order valence-electron chi connectivity index (χ2n) is 6.21. The summed E-state index contributed by atoms with van der Waals surface area (Å²) in [5.74, 6) is 0.961. The molecule has 3 aromatic rings. The van der Waals surface area contributed by atoms with E-state index in [0.29, 0.717) is 36.3 Å². The first-order valence-corrected chi connectivity index (χ1v) is 9.12. The van der Waals surface area contributed by atoms with Crippen LogP contribution in [-0.4, -0.2) is 43.0 Å². The first kappa shape index (κ1) is 20.2. The number of benzene rings is 1. The molecule has 0 unspecified atom stereocenters. The Balaban J connectivity index is 1.57. The Kier molecular flexibility index (Phi) is 6.91. The van der Waals surface area contributed by atoms with E-state index in [2.05, 4.69) is 15.5 Å². The average molecular weight is 408 g/mol. The fourth-order valence-electron chi connectivity index (χ4n) is 2.58. The van der Waals surface area contributed by atoms with Crippen LogP contribution in [0.4, 0.5) is 0 Å². The van der Waals surface area contributed by atoms with Gasteiger partial charge in [0.05, 0.1) is 30.5 Å². The van der Waals surface area contributed by atoms with Crippen LogP contribution in [0.5, 0.6) is 5.75 Å². The van der Waals surface area contributed by atoms with Crippen molar-refractivity contribution in [3.8, 4) is 5.75 Å². The molecule has 9 heteroatoms. The van der Waals surface area contributed by atoms with Crippen molar-refractivity contribution in [1.82, 2.24) is 15.5 Å². The third-order valence-corrected chi connectivity index (χ3v) is 4.21. The summed E-state index contributed by atoms with van der Waals surface area (Å²) in [5.41, 5.74) is 2.49. The zero-order valence-corrected chi connectivity index (χ0v) is 16.5. The number of methoxy groups -OCH3 is 1. The van der Waals surface area contributed by atoms with Crippen molar-refractivity contribution < 1.29 is 23.5 Å². The molecule has 2 heterocycles. The Hall–Kier alpha value is -2.55. The van der Waals surface area contributed by atoms with Crippen molar-refractivity contribution in [2.24, 2.45) is 0 Å². The van der Waals surface area contributed by atoms with Gasteiger partial charge in [0.1, 0.15) is 19.0 Å². The molecule has 28 heavy (non-hydrogen) atoms. The number of H-pyrrole nitrogens is 1. The van der Waals surface area contributed by atoms with Gasteiger partial charge in [-0.1, -0.05) is 16.8 Å². The monoisotopic (exact) mass is 407 g/mol. The molecule has 2 N–H and O–H groups in total. The summed E-state index contributed by atoms with van der Waals surface area (Å²) in [6.07, 6.45) is 0. The third-order valence-electron chi connectivity index (χ3n) is 3.92. The molecule has 0 aliphatic heterocycles. The summed E-state index contributed by atoms with van der Waals surface area (Å²) in [5, 5.41) is 8.03.